The van der Waals surface area contributed by atoms with Gasteiger partial charge < -0.3 is 15.5 Å². The molecule has 144 valence electrons. The van der Waals surface area contributed by atoms with Gasteiger partial charge in [-0.2, -0.15) is 4.98 Å². The fourth-order valence-electron chi connectivity index (χ4n) is 4.50. The molecular formula is C19H33N7. The van der Waals surface area contributed by atoms with Gasteiger partial charge in [0, 0.05) is 44.0 Å². The van der Waals surface area contributed by atoms with E-state index in [0.29, 0.717) is 24.0 Å². The van der Waals surface area contributed by atoms with Crippen molar-refractivity contribution in [3.05, 3.63) is 12.3 Å². The molecule has 1 aromatic rings. The first-order chi connectivity index (χ1) is 12.7. The summed E-state index contributed by atoms with van der Waals surface area (Å²) < 4.78 is 0. The van der Waals surface area contributed by atoms with Crippen molar-refractivity contribution in [3.8, 4) is 0 Å². The molecule has 0 aromatic carbocycles. The van der Waals surface area contributed by atoms with Gasteiger partial charge in [-0.3, -0.25) is 10.9 Å². The summed E-state index contributed by atoms with van der Waals surface area (Å²) >= 11 is 0. The maximum atomic E-state index is 4.86. The Balaban J connectivity index is 1.41. The van der Waals surface area contributed by atoms with E-state index in [1.165, 1.54) is 19.3 Å². The van der Waals surface area contributed by atoms with Crippen LogP contribution in [0.5, 0.6) is 0 Å². The van der Waals surface area contributed by atoms with E-state index in [-0.39, 0.29) is 0 Å². The highest BCUT2D eigenvalue weighted by atomic mass is 15.4. The normalized spacial score (nSPS) is 32.3. The zero-order valence-electron chi connectivity index (χ0n) is 16.0. The molecule has 2 aliphatic heterocycles. The molecule has 7 nitrogen and oxygen atoms in total. The van der Waals surface area contributed by atoms with E-state index in [9.17, 15) is 0 Å². The SMILES string of the molecule is CC(C)C1CN(c2nccc(NC3CCC4NNCC4C3)n2)CCCN1. The van der Waals surface area contributed by atoms with Crippen LogP contribution in [0.3, 0.4) is 0 Å². The van der Waals surface area contributed by atoms with E-state index < -0.39 is 0 Å². The highest BCUT2D eigenvalue weighted by Gasteiger charge is 2.33. The Kier molecular flexibility index (Phi) is 5.57. The molecule has 4 rings (SSSR count). The summed E-state index contributed by atoms with van der Waals surface area (Å²) in [6.07, 6.45) is 6.65. The Bertz CT molecular complexity index is 593. The summed E-state index contributed by atoms with van der Waals surface area (Å²) in [5.41, 5.74) is 6.70. The third-order valence-electron chi connectivity index (χ3n) is 6.15. The van der Waals surface area contributed by atoms with Crippen LogP contribution >= 0.6 is 0 Å². The minimum absolute atomic E-state index is 0.496. The molecule has 0 bridgehead atoms. The Labute approximate surface area is 156 Å². The van der Waals surface area contributed by atoms with Crippen LogP contribution in [0.2, 0.25) is 0 Å². The second-order valence-electron chi connectivity index (χ2n) is 8.39. The molecule has 4 atom stereocenters. The molecule has 3 heterocycles. The number of nitrogens with one attached hydrogen (secondary N) is 4. The Morgan fingerprint density at radius 1 is 1.31 bits per heavy atom. The number of anilines is 2. The Morgan fingerprint density at radius 3 is 3.12 bits per heavy atom. The van der Waals surface area contributed by atoms with Gasteiger partial charge in [-0.05, 0) is 50.1 Å². The van der Waals surface area contributed by atoms with Crippen molar-refractivity contribution >= 4 is 11.8 Å². The minimum Gasteiger partial charge on any atom is -0.367 e. The first-order valence-electron chi connectivity index (χ1n) is 10.3. The second-order valence-corrected chi connectivity index (χ2v) is 8.39. The van der Waals surface area contributed by atoms with Crippen LogP contribution in [-0.4, -0.2) is 54.3 Å². The summed E-state index contributed by atoms with van der Waals surface area (Å²) in [5, 5.41) is 7.33. The molecule has 0 radical (unpaired) electrons. The molecule has 1 aliphatic carbocycles. The fraction of sp³-hybridized carbons (Fsp3) is 0.789. The topological polar surface area (TPSA) is 77.1 Å². The number of hydrazine groups is 1. The van der Waals surface area contributed by atoms with E-state index in [2.05, 4.69) is 45.2 Å². The number of hydrogen-bond donors (Lipinski definition) is 4. The van der Waals surface area contributed by atoms with Gasteiger partial charge in [0.05, 0.1) is 0 Å². The first kappa shape index (κ1) is 17.9. The average Bonchev–Trinajstić information content (AvgIpc) is 2.95. The second kappa shape index (κ2) is 8.06. The van der Waals surface area contributed by atoms with Crippen LogP contribution in [-0.2, 0) is 0 Å². The first-order valence-corrected chi connectivity index (χ1v) is 10.3. The Hall–Kier alpha value is -1.44. The van der Waals surface area contributed by atoms with E-state index in [1.54, 1.807) is 0 Å². The average molecular weight is 360 g/mol. The van der Waals surface area contributed by atoms with Gasteiger partial charge in [0.25, 0.3) is 0 Å². The molecule has 3 fully saturated rings. The highest BCUT2D eigenvalue weighted by molar-refractivity contribution is 5.42. The maximum Gasteiger partial charge on any atom is 0.227 e. The Morgan fingerprint density at radius 2 is 2.23 bits per heavy atom. The van der Waals surface area contributed by atoms with Crippen LogP contribution in [0.15, 0.2) is 12.3 Å². The van der Waals surface area contributed by atoms with Crippen LogP contribution in [0.1, 0.15) is 39.5 Å². The number of hydrogen-bond acceptors (Lipinski definition) is 7. The lowest BCUT2D eigenvalue weighted by molar-refractivity contribution is 0.314. The number of aromatic nitrogens is 2. The van der Waals surface area contributed by atoms with Crippen molar-refractivity contribution in [1.29, 1.82) is 0 Å². The standard InChI is InChI=1S/C19H33N7/c1-13(2)17-12-26(9-3-7-20-17)19-21-8-6-18(24-19)23-15-4-5-16-14(10-15)11-22-25-16/h6,8,13-17,20,22,25H,3-5,7,9-12H2,1-2H3,(H,21,23,24). The minimum atomic E-state index is 0.496. The molecular weight excluding hydrogens is 326 g/mol. The van der Waals surface area contributed by atoms with Gasteiger partial charge in [-0.15, -0.1) is 0 Å². The number of fused-ring (bicyclic) bond motifs is 1. The lowest BCUT2D eigenvalue weighted by atomic mass is 9.83. The zero-order chi connectivity index (χ0) is 17.9. The van der Waals surface area contributed by atoms with Crippen molar-refractivity contribution in [2.75, 3.05) is 36.4 Å². The lowest BCUT2D eigenvalue weighted by Gasteiger charge is -2.32. The van der Waals surface area contributed by atoms with Crippen molar-refractivity contribution in [1.82, 2.24) is 26.1 Å². The van der Waals surface area contributed by atoms with Gasteiger partial charge in [-0.1, -0.05) is 13.8 Å². The van der Waals surface area contributed by atoms with E-state index >= 15 is 0 Å². The van der Waals surface area contributed by atoms with E-state index in [4.69, 9.17) is 4.98 Å². The largest absolute Gasteiger partial charge is 0.367 e. The molecule has 1 aromatic heterocycles. The maximum absolute atomic E-state index is 4.86. The van der Waals surface area contributed by atoms with E-state index in [0.717, 1.165) is 50.3 Å². The van der Waals surface area contributed by atoms with Gasteiger partial charge in [0.15, 0.2) is 0 Å². The lowest BCUT2D eigenvalue weighted by Crippen LogP contribution is -2.42. The molecule has 0 spiro atoms. The van der Waals surface area contributed by atoms with Gasteiger partial charge in [0.2, 0.25) is 5.95 Å². The predicted molar refractivity (Wildman–Crippen MR) is 105 cm³/mol. The molecule has 7 heteroatoms. The van der Waals surface area contributed by atoms with Crippen molar-refractivity contribution in [2.24, 2.45) is 11.8 Å². The molecule has 26 heavy (non-hydrogen) atoms. The summed E-state index contributed by atoms with van der Waals surface area (Å²) in [7, 11) is 0. The van der Waals surface area contributed by atoms with Gasteiger partial charge in [-0.25, -0.2) is 4.98 Å². The molecule has 0 amide bonds. The monoisotopic (exact) mass is 359 g/mol. The highest BCUT2D eigenvalue weighted by Crippen LogP contribution is 2.28. The van der Waals surface area contributed by atoms with Crippen molar-refractivity contribution in [3.63, 3.8) is 0 Å². The van der Waals surface area contributed by atoms with Crippen molar-refractivity contribution in [2.45, 2.75) is 57.7 Å². The van der Waals surface area contributed by atoms with Crippen molar-refractivity contribution < 1.29 is 0 Å². The molecule has 4 unspecified atom stereocenters. The van der Waals surface area contributed by atoms with Gasteiger partial charge >= 0.3 is 0 Å². The summed E-state index contributed by atoms with van der Waals surface area (Å²) in [5.74, 6) is 3.17. The fourth-order valence-corrected chi connectivity index (χ4v) is 4.50. The zero-order valence-corrected chi connectivity index (χ0v) is 16.0. The molecule has 4 N–H and O–H groups in total. The van der Waals surface area contributed by atoms with Crippen LogP contribution < -0.4 is 26.4 Å². The van der Waals surface area contributed by atoms with Gasteiger partial charge in [0.1, 0.15) is 5.82 Å². The quantitative estimate of drug-likeness (QED) is 0.647. The molecule has 2 saturated heterocycles. The number of rotatable bonds is 4. The third kappa shape index (κ3) is 4.10. The van der Waals surface area contributed by atoms with E-state index in [1.807, 2.05) is 12.3 Å². The number of nitrogens with zero attached hydrogens (tertiary/aromatic N) is 3. The molecule has 3 aliphatic rings. The summed E-state index contributed by atoms with van der Waals surface area (Å²) in [6.45, 7) is 8.71. The van der Waals surface area contributed by atoms with Crippen LogP contribution in [0.25, 0.3) is 0 Å². The summed E-state index contributed by atoms with van der Waals surface area (Å²) in [4.78, 5) is 11.8. The summed E-state index contributed by atoms with van der Waals surface area (Å²) in [6, 6.07) is 3.66. The smallest absolute Gasteiger partial charge is 0.227 e. The third-order valence-corrected chi connectivity index (χ3v) is 6.15. The molecule has 1 saturated carbocycles. The predicted octanol–water partition coefficient (Wildman–Crippen LogP) is 1.36. The van der Waals surface area contributed by atoms with Crippen LogP contribution in [0, 0.1) is 11.8 Å². The van der Waals surface area contributed by atoms with Crippen LogP contribution in [0.4, 0.5) is 11.8 Å².